The summed E-state index contributed by atoms with van der Waals surface area (Å²) in [6.45, 7) is 0. The van der Waals surface area contributed by atoms with E-state index in [0.717, 1.165) is 14.5 Å². The molecule has 3 rings (SSSR count). The number of amides is 1. The number of hydrogen-bond donors (Lipinski definition) is 2. The van der Waals surface area contributed by atoms with E-state index < -0.39 is 0 Å². The van der Waals surface area contributed by atoms with Gasteiger partial charge < -0.3 is 20.2 Å². The van der Waals surface area contributed by atoms with Gasteiger partial charge in [0.15, 0.2) is 5.76 Å². The van der Waals surface area contributed by atoms with Gasteiger partial charge in [0, 0.05) is 26.3 Å². The molecule has 7 heteroatoms. The minimum atomic E-state index is -0.373. The molecule has 25 heavy (non-hydrogen) atoms. The quantitative estimate of drug-likeness (QED) is 0.511. The second-order valence-corrected chi connectivity index (χ2v) is 6.97. The number of halogens is 2. The highest BCUT2D eigenvalue weighted by molar-refractivity contribution is 9.11. The summed E-state index contributed by atoms with van der Waals surface area (Å²) < 4.78 is 12.7. The standard InChI is InChI=1S/C18H14Br2N2O3/c1-24-17-9-11(21)3-5-14(17)22-18(23)16-7-6-15(25-16)12-4-2-10(19)8-13(12)20/h2-9H,21H2,1H3,(H,22,23). The Balaban J connectivity index is 1.84. The average molecular weight is 466 g/mol. The number of carbonyl (C=O) groups excluding carboxylic acids is 1. The summed E-state index contributed by atoms with van der Waals surface area (Å²) in [5.74, 6) is 0.899. The van der Waals surface area contributed by atoms with E-state index in [1.54, 1.807) is 30.3 Å². The molecular weight excluding hydrogens is 452 g/mol. The number of anilines is 2. The van der Waals surface area contributed by atoms with E-state index in [0.29, 0.717) is 22.9 Å². The van der Waals surface area contributed by atoms with Crippen LogP contribution in [0.2, 0.25) is 0 Å². The molecule has 0 saturated carbocycles. The van der Waals surface area contributed by atoms with E-state index in [1.807, 2.05) is 18.2 Å². The lowest BCUT2D eigenvalue weighted by Crippen LogP contribution is -2.11. The number of carbonyl (C=O) groups is 1. The largest absolute Gasteiger partial charge is 0.494 e. The van der Waals surface area contributed by atoms with Gasteiger partial charge in [0.1, 0.15) is 11.5 Å². The highest BCUT2D eigenvalue weighted by atomic mass is 79.9. The van der Waals surface area contributed by atoms with Crippen LogP contribution >= 0.6 is 31.9 Å². The molecule has 0 radical (unpaired) electrons. The van der Waals surface area contributed by atoms with Gasteiger partial charge in [0.2, 0.25) is 0 Å². The van der Waals surface area contributed by atoms with E-state index in [2.05, 4.69) is 37.2 Å². The van der Waals surface area contributed by atoms with E-state index >= 15 is 0 Å². The molecular formula is C18H14Br2N2O3. The lowest BCUT2D eigenvalue weighted by Gasteiger charge is -2.09. The fraction of sp³-hybridized carbons (Fsp3) is 0.0556. The average Bonchev–Trinajstić information content (AvgIpc) is 3.06. The number of benzene rings is 2. The van der Waals surface area contributed by atoms with Gasteiger partial charge in [-0.3, -0.25) is 4.79 Å². The lowest BCUT2D eigenvalue weighted by molar-refractivity contribution is 0.0997. The zero-order valence-electron chi connectivity index (χ0n) is 13.2. The molecule has 5 nitrogen and oxygen atoms in total. The van der Waals surface area contributed by atoms with Crippen molar-refractivity contribution < 1.29 is 13.9 Å². The maximum atomic E-state index is 12.4. The van der Waals surface area contributed by atoms with E-state index in [4.69, 9.17) is 14.9 Å². The van der Waals surface area contributed by atoms with Crippen molar-refractivity contribution in [2.24, 2.45) is 0 Å². The number of nitrogens with two attached hydrogens (primary N) is 1. The highest BCUT2D eigenvalue weighted by Gasteiger charge is 2.16. The van der Waals surface area contributed by atoms with E-state index in [1.165, 1.54) is 7.11 Å². The summed E-state index contributed by atoms with van der Waals surface area (Å²) in [4.78, 5) is 12.4. The third kappa shape index (κ3) is 3.88. The van der Waals surface area contributed by atoms with Crippen LogP contribution in [0.1, 0.15) is 10.6 Å². The second-order valence-electron chi connectivity index (χ2n) is 5.20. The molecule has 0 atom stereocenters. The molecule has 3 N–H and O–H groups in total. The Bertz CT molecular complexity index is 938. The summed E-state index contributed by atoms with van der Waals surface area (Å²) in [5.41, 5.74) is 7.64. The molecule has 0 bridgehead atoms. The van der Waals surface area contributed by atoms with Gasteiger partial charge in [-0.05, 0) is 58.4 Å². The predicted octanol–water partition coefficient (Wildman–Crippen LogP) is 5.31. The van der Waals surface area contributed by atoms with Crippen LogP contribution in [0.25, 0.3) is 11.3 Å². The van der Waals surface area contributed by atoms with Crippen molar-refractivity contribution in [1.82, 2.24) is 0 Å². The Kier molecular flexibility index (Phi) is 5.15. The third-order valence-electron chi connectivity index (χ3n) is 3.50. The summed E-state index contributed by atoms with van der Waals surface area (Å²) >= 11 is 6.90. The molecule has 0 aliphatic carbocycles. The summed E-state index contributed by atoms with van der Waals surface area (Å²) in [5, 5.41) is 2.76. The number of methoxy groups -OCH3 is 1. The van der Waals surface area contributed by atoms with Crippen LogP contribution < -0.4 is 15.8 Å². The van der Waals surface area contributed by atoms with Crippen molar-refractivity contribution in [2.75, 3.05) is 18.2 Å². The van der Waals surface area contributed by atoms with Crippen LogP contribution in [0.3, 0.4) is 0 Å². The van der Waals surface area contributed by atoms with E-state index in [9.17, 15) is 4.79 Å². The Morgan fingerprint density at radius 3 is 2.64 bits per heavy atom. The molecule has 1 heterocycles. The maximum absolute atomic E-state index is 12.4. The predicted molar refractivity (Wildman–Crippen MR) is 105 cm³/mol. The van der Waals surface area contributed by atoms with Crippen molar-refractivity contribution >= 4 is 49.1 Å². The fourth-order valence-corrected chi connectivity index (χ4v) is 3.53. The first-order valence-electron chi connectivity index (χ1n) is 7.28. The number of nitrogen functional groups attached to an aromatic ring is 1. The summed E-state index contributed by atoms with van der Waals surface area (Å²) in [7, 11) is 1.51. The van der Waals surface area contributed by atoms with Crippen molar-refractivity contribution in [2.45, 2.75) is 0 Å². The molecule has 0 spiro atoms. The van der Waals surface area contributed by atoms with Crippen LogP contribution in [0.5, 0.6) is 5.75 Å². The normalized spacial score (nSPS) is 10.5. The van der Waals surface area contributed by atoms with Crippen molar-refractivity contribution in [3.63, 3.8) is 0 Å². The second kappa shape index (κ2) is 7.33. The van der Waals surface area contributed by atoms with Crippen molar-refractivity contribution in [3.05, 3.63) is 63.2 Å². The monoisotopic (exact) mass is 464 g/mol. The number of hydrogen-bond acceptors (Lipinski definition) is 4. The van der Waals surface area contributed by atoms with Gasteiger partial charge in [0.25, 0.3) is 5.91 Å². The molecule has 0 aliphatic rings. The van der Waals surface area contributed by atoms with Gasteiger partial charge in [0.05, 0.1) is 12.8 Å². The van der Waals surface area contributed by atoms with Crippen LogP contribution in [-0.4, -0.2) is 13.0 Å². The molecule has 0 aliphatic heterocycles. The minimum absolute atomic E-state index is 0.198. The Labute approximate surface area is 161 Å². The molecule has 1 amide bonds. The molecule has 1 aromatic heterocycles. The molecule has 3 aromatic rings. The maximum Gasteiger partial charge on any atom is 0.291 e. The minimum Gasteiger partial charge on any atom is -0.494 e. The molecule has 0 saturated heterocycles. The molecule has 2 aromatic carbocycles. The Morgan fingerprint density at radius 1 is 1.12 bits per heavy atom. The summed E-state index contributed by atoms with van der Waals surface area (Å²) in [6.07, 6.45) is 0. The molecule has 128 valence electrons. The van der Waals surface area contributed by atoms with Gasteiger partial charge in [-0.1, -0.05) is 15.9 Å². The van der Waals surface area contributed by atoms with Crippen molar-refractivity contribution in [1.29, 1.82) is 0 Å². The Hall–Kier alpha value is -2.25. The zero-order valence-corrected chi connectivity index (χ0v) is 16.3. The first-order chi connectivity index (χ1) is 12.0. The van der Waals surface area contributed by atoms with Crippen LogP contribution in [0.4, 0.5) is 11.4 Å². The van der Waals surface area contributed by atoms with E-state index in [-0.39, 0.29) is 11.7 Å². The lowest BCUT2D eigenvalue weighted by atomic mass is 10.2. The number of nitrogens with one attached hydrogen (secondary N) is 1. The topological polar surface area (TPSA) is 77.5 Å². The molecule has 0 unspecified atom stereocenters. The number of furan rings is 1. The zero-order chi connectivity index (χ0) is 18.0. The highest BCUT2D eigenvalue weighted by Crippen LogP contribution is 2.32. The molecule has 0 fully saturated rings. The first-order valence-corrected chi connectivity index (χ1v) is 8.86. The SMILES string of the molecule is COc1cc(N)ccc1NC(=O)c1ccc(-c2ccc(Br)cc2Br)o1. The first kappa shape index (κ1) is 17.6. The van der Waals surface area contributed by atoms with Crippen LogP contribution in [0, 0.1) is 0 Å². The van der Waals surface area contributed by atoms with Gasteiger partial charge in [-0.15, -0.1) is 0 Å². The number of ether oxygens (including phenoxy) is 1. The Morgan fingerprint density at radius 2 is 1.92 bits per heavy atom. The van der Waals surface area contributed by atoms with Crippen LogP contribution in [0.15, 0.2) is 61.9 Å². The number of rotatable bonds is 4. The van der Waals surface area contributed by atoms with Crippen molar-refractivity contribution in [3.8, 4) is 17.1 Å². The van der Waals surface area contributed by atoms with Gasteiger partial charge in [-0.25, -0.2) is 0 Å². The van der Waals surface area contributed by atoms with Gasteiger partial charge >= 0.3 is 0 Å². The van der Waals surface area contributed by atoms with Gasteiger partial charge in [-0.2, -0.15) is 0 Å². The smallest absolute Gasteiger partial charge is 0.291 e. The fourth-order valence-electron chi connectivity index (χ4n) is 2.29. The third-order valence-corrected chi connectivity index (χ3v) is 4.65. The summed E-state index contributed by atoms with van der Waals surface area (Å²) in [6, 6.07) is 14.1. The van der Waals surface area contributed by atoms with Crippen LogP contribution in [-0.2, 0) is 0 Å².